The van der Waals surface area contributed by atoms with E-state index in [4.69, 9.17) is 29.0 Å². The molecule has 34 heavy (non-hydrogen) atoms. The van der Waals surface area contributed by atoms with E-state index in [0.717, 1.165) is 5.56 Å². The summed E-state index contributed by atoms with van der Waals surface area (Å²) < 4.78 is 40.5. The van der Waals surface area contributed by atoms with E-state index in [-0.39, 0.29) is 39.1 Å². The standard InChI is InChI=1S/C24H30NO8P/c1-3-31-34(28,32-4-2)15-19(12-17-10-11-20-21(13-17)30-16-29-20)23(27)24(33-22(26)14-25)18-8-6-5-7-9-18/h5-11,13,19,24H,3-4,12,14-16,25H2,1-2H3. The molecule has 0 bridgehead atoms. The zero-order chi connectivity index (χ0) is 24.6. The van der Waals surface area contributed by atoms with Crippen molar-refractivity contribution in [2.45, 2.75) is 26.4 Å². The van der Waals surface area contributed by atoms with E-state index in [0.29, 0.717) is 17.1 Å². The van der Waals surface area contributed by atoms with Crippen LogP contribution in [0.25, 0.3) is 0 Å². The lowest BCUT2D eigenvalue weighted by atomic mass is 9.91. The molecule has 10 heteroatoms. The van der Waals surface area contributed by atoms with E-state index in [2.05, 4.69) is 0 Å². The van der Waals surface area contributed by atoms with Crippen LogP contribution in [0.15, 0.2) is 48.5 Å². The quantitative estimate of drug-likeness (QED) is 0.330. The number of Topliss-reactive ketones (excluding diaryl/α,β-unsaturated/α-hetero) is 1. The van der Waals surface area contributed by atoms with Crippen molar-refractivity contribution in [3.05, 3.63) is 59.7 Å². The summed E-state index contributed by atoms with van der Waals surface area (Å²) in [6.07, 6.45) is -1.19. The average Bonchev–Trinajstić information content (AvgIpc) is 3.30. The molecule has 9 nitrogen and oxygen atoms in total. The molecule has 0 radical (unpaired) electrons. The number of esters is 1. The summed E-state index contributed by atoms with van der Waals surface area (Å²) in [4.78, 5) is 25.9. The number of rotatable bonds is 13. The molecule has 2 aromatic carbocycles. The Morgan fingerprint density at radius 1 is 1.03 bits per heavy atom. The van der Waals surface area contributed by atoms with Gasteiger partial charge < -0.3 is 29.0 Å². The van der Waals surface area contributed by atoms with Crippen LogP contribution < -0.4 is 15.2 Å². The van der Waals surface area contributed by atoms with Gasteiger partial charge in [0, 0.05) is 5.92 Å². The molecule has 2 aromatic rings. The number of hydrogen-bond acceptors (Lipinski definition) is 9. The summed E-state index contributed by atoms with van der Waals surface area (Å²) in [5, 5.41) is 0. The van der Waals surface area contributed by atoms with Crippen molar-refractivity contribution in [3.8, 4) is 11.5 Å². The number of ether oxygens (including phenoxy) is 3. The van der Waals surface area contributed by atoms with Gasteiger partial charge >= 0.3 is 13.6 Å². The van der Waals surface area contributed by atoms with Gasteiger partial charge in [0.2, 0.25) is 6.79 Å². The van der Waals surface area contributed by atoms with E-state index in [9.17, 15) is 14.2 Å². The third-order valence-electron chi connectivity index (χ3n) is 5.19. The molecule has 2 N–H and O–H groups in total. The fraction of sp³-hybridized carbons (Fsp3) is 0.417. The fourth-order valence-electron chi connectivity index (χ4n) is 3.73. The van der Waals surface area contributed by atoms with Crippen LogP contribution in [-0.2, 0) is 34.4 Å². The van der Waals surface area contributed by atoms with Crippen LogP contribution in [0.5, 0.6) is 11.5 Å². The molecule has 0 amide bonds. The van der Waals surface area contributed by atoms with Crippen LogP contribution in [0.1, 0.15) is 31.1 Å². The lowest BCUT2D eigenvalue weighted by Gasteiger charge is -2.26. The highest BCUT2D eigenvalue weighted by atomic mass is 31.2. The number of hydrogen-bond donors (Lipinski definition) is 1. The number of nitrogens with two attached hydrogens (primary N) is 1. The minimum atomic E-state index is -3.60. The Balaban J connectivity index is 1.96. The first-order valence-corrected chi connectivity index (χ1v) is 12.9. The fourth-order valence-corrected chi connectivity index (χ4v) is 5.65. The molecule has 1 heterocycles. The van der Waals surface area contributed by atoms with Crippen LogP contribution in [0.4, 0.5) is 0 Å². The maximum atomic E-state index is 13.8. The van der Waals surface area contributed by atoms with Gasteiger partial charge in [-0.15, -0.1) is 0 Å². The van der Waals surface area contributed by atoms with Crippen molar-refractivity contribution < 1.29 is 37.4 Å². The van der Waals surface area contributed by atoms with Gasteiger partial charge in [0.25, 0.3) is 0 Å². The molecular formula is C24H30NO8P. The minimum Gasteiger partial charge on any atom is -0.454 e. The molecule has 0 fully saturated rings. The van der Waals surface area contributed by atoms with Gasteiger partial charge in [-0.1, -0.05) is 36.4 Å². The summed E-state index contributed by atoms with van der Waals surface area (Å²) in [6, 6.07) is 14.0. The Hall–Kier alpha value is -2.71. The number of fused-ring (bicyclic) bond motifs is 1. The van der Waals surface area contributed by atoms with Crippen molar-refractivity contribution >= 4 is 19.3 Å². The second kappa shape index (κ2) is 12.1. The zero-order valence-corrected chi connectivity index (χ0v) is 20.2. The van der Waals surface area contributed by atoms with Crippen molar-refractivity contribution in [2.24, 2.45) is 11.7 Å². The Kier molecular flexibility index (Phi) is 9.24. The molecule has 0 spiro atoms. The smallest absolute Gasteiger partial charge is 0.331 e. The monoisotopic (exact) mass is 491 g/mol. The first-order valence-electron chi connectivity index (χ1n) is 11.1. The summed E-state index contributed by atoms with van der Waals surface area (Å²) in [5.41, 5.74) is 6.69. The Morgan fingerprint density at radius 2 is 1.71 bits per heavy atom. The van der Waals surface area contributed by atoms with Crippen molar-refractivity contribution in [1.82, 2.24) is 0 Å². The topological polar surface area (TPSA) is 123 Å². The molecular weight excluding hydrogens is 461 g/mol. The average molecular weight is 491 g/mol. The molecule has 0 saturated heterocycles. The maximum Gasteiger partial charge on any atom is 0.331 e. The molecule has 1 aliphatic heterocycles. The van der Waals surface area contributed by atoms with Crippen LogP contribution in [0.3, 0.4) is 0 Å². The lowest BCUT2D eigenvalue weighted by molar-refractivity contribution is -0.155. The molecule has 184 valence electrons. The Bertz CT molecular complexity index is 1020. The third kappa shape index (κ3) is 6.67. The van der Waals surface area contributed by atoms with Crippen molar-refractivity contribution in [1.29, 1.82) is 0 Å². The maximum absolute atomic E-state index is 13.8. The van der Waals surface area contributed by atoms with Gasteiger partial charge in [-0.25, -0.2) is 0 Å². The van der Waals surface area contributed by atoms with Crippen molar-refractivity contribution in [2.75, 3.05) is 32.7 Å². The normalized spacial score (nSPS) is 14.4. The molecule has 2 atom stereocenters. The number of benzene rings is 2. The van der Waals surface area contributed by atoms with E-state index < -0.39 is 31.4 Å². The summed E-state index contributed by atoms with van der Waals surface area (Å²) >= 11 is 0. The highest BCUT2D eigenvalue weighted by Crippen LogP contribution is 2.51. The van der Waals surface area contributed by atoms with E-state index in [1.54, 1.807) is 56.3 Å². The zero-order valence-electron chi connectivity index (χ0n) is 19.3. The minimum absolute atomic E-state index is 0.121. The van der Waals surface area contributed by atoms with Gasteiger partial charge in [0.15, 0.2) is 23.4 Å². The third-order valence-corrected chi connectivity index (χ3v) is 7.38. The first-order chi connectivity index (χ1) is 16.4. The SMILES string of the molecule is CCOP(=O)(CC(Cc1ccc2c(c1)OCO2)C(=O)C(OC(=O)CN)c1ccccc1)OCC. The molecule has 1 aliphatic rings. The lowest BCUT2D eigenvalue weighted by Crippen LogP contribution is -2.32. The summed E-state index contributed by atoms with van der Waals surface area (Å²) in [7, 11) is -3.60. The second-order valence-electron chi connectivity index (χ2n) is 7.60. The second-order valence-corrected chi connectivity index (χ2v) is 9.71. The van der Waals surface area contributed by atoms with Crippen LogP contribution in [-0.4, -0.2) is 44.5 Å². The number of carbonyl (C=O) groups is 2. The largest absolute Gasteiger partial charge is 0.454 e. The highest BCUT2D eigenvalue weighted by Gasteiger charge is 2.38. The summed E-state index contributed by atoms with van der Waals surface area (Å²) in [6.45, 7) is 3.47. The van der Waals surface area contributed by atoms with Crippen LogP contribution >= 0.6 is 7.60 Å². The first kappa shape index (κ1) is 25.9. The Labute approximate surface area is 199 Å². The summed E-state index contributed by atoms with van der Waals surface area (Å²) in [5.74, 6) is -0.817. The number of carbonyl (C=O) groups excluding carboxylic acids is 2. The van der Waals surface area contributed by atoms with Crippen molar-refractivity contribution in [3.63, 3.8) is 0 Å². The molecule has 0 aliphatic carbocycles. The van der Waals surface area contributed by atoms with Gasteiger partial charge in [-0.2, -0.15) is 0 Å². The van der Waals surface area contributed by atoms with E-state index >= 15 is 0 Å². The molecule has 0 saturated carbocycles. The van der Waals surface area contributed by atoms with E-state index in [1.807, 2.05) is 6.07 Å². The predicted molar refractivity (Wildman–Crippen MR) is 125 cm³/mol. The Morgan fingerprint density at radius 3 is 2.35 bits per heavy atom. The predicted octanol–water partition coefficient (Wildman–Crippen LogP) is 3.65. The van der Waals surface area contributed by atoms with E-state index in [1.165, 1.54) is 0 Å². The van der Waals surface area contributed by atoms with Crippen LogP contribution in [0.2, 0.25) is 0 Å². The highest BCUT2D eigenvalue weighted by molar-refractivity contribution is 7.53. The van der Waals surface area contributed by atoms with Crippen LogP contribution in [0, 0.1) is 5.92 Å². The van der Waals surface area contributed by atoms with Gasteiger partial charge in [-0.05, 0) is 43.5 Å². The van der Waals surface area contributed by atoms with Gasteiger partial charge in [0.05, 0.1) is 25.9 Å². The van der Waals surface area contributed by atoms with Gasteiger partial charge in [-0.3, -0.25) is 14.2 Å². The molecule has 0 aromatic heterocycles. The molecule has 2 unspecified atom stereocenters. The number of ketones is 1. The molecule has 3 rings (SSSR count). The van der Waals surface area contributed by atoms with Gasteiger partial charge in [0.1, 0.15) is 0 Å².